The Bertz CT molecular complexity index is 951. The van der Waals surface area contributed by atoms with E-state index in [-0.39, 0.29) is 5.82 Å². The van der Waals surface area contributed by atoms with Crippen LogP contribution in [0.5, 0.6) is 11.6 Å². The first-order valence-electron chi connectivity index (χ1n) is 6.31. The third-order valence-electron chi connectivity index (χ3n) is 3.19. The van der Waals surface area contributed by atoms with Gasteiger partial charge in [-0.1, -0.05) is 0 Å². The van der Waals surface area contributed by atoms with Crippen molar-refractivity contribution in [2.24, 2.45) is 0 Å². The second-order valence-electron chi connectivity index (χ2n) is 4.56. The molecule has 2 heterocycles. The number of nitrogens with one attached hydrogen (secondary N) is 1. The average molecular weight is 280 g/mol. The van der Waals surface area contributed by atoms with Gasteiger partial charge in [0.25, 0.3) is 0 Å². The van der Waals surface area contributed by atoms with Crippen LogP contribution in [0.4, 0.5) is 4.39 Å². The van der Waals surface area contributed by atoms with Crippen LogP contribution in [-0.2, 0) is 0 Å². The van der Waals surface area contributed by atoms with E-state index in [0.717, 1.165) is 10.9 Å². The number of aromatic nitrogens is 4. The van der Waals surface area contributed by atoms with Crippen LogP contribution >= 0.6 is 0 Å². The Kier molecular flexibility index (Phi) is 2.53. The summed E-state index contributed by atoms with van der Waals surface area (Å²) in [6, 6.07) is 9.82. The van der Waals surface area contributed by atoms with Crippen LogP contribution in [0.1, 0.15) is 0 Å². The molecule has 0 fully saturated rings. The monoisotopic (exact) mass is 280 g/mol. The minimum atomic E-state index is -0.355. The number of benzene rings is 2. The summed E-state index contributed by atoms with van der Waals surface area (Å²) in [5.74, 6) is 0.556. The number of rotatable bonds is 2. The fraction of sp³-hybridized carbons (Fsp3) is 0. The molecule has 0 spiro atoms. The second kappa shape index (κ2) is 4.52. The van der Waals surface area contributed by atoms with Gasteiger partial charge >= 0.3 is 0 Å². The molecule has 4 aromatic rings. The Morgan fingerprint density at radius 2 is 2.00 bits per heavy atom. The third-order valence-corrected chi connectivity index (χ3v) is 3.19. The van der Waals surface area contributed by atoms with Gasteiger partial charge in [0.1, 0.15) is 17.9 Å². The van der Waals surface area contributed by atoms with Gasteiger partial charge < -0.3 is 4.74 Å². The highest BCUT2D eigenvalue weighted by Crippen LogP contribution is 2.28. The van der Waals surface area contributed by atoms with Gasteiger partial charge in [0, 0.05) is 11.5 Å². The topological polar surface area (TPSA) is 63.7 Å². The van der Waals surface area contributed by atoms with E-state index in [0.29, 0.717) is 22.5 Å². The van der Waals surface area contributed by atoms with E-state index in [1.165, 1.54) is 18.5 Å². The minimum Gasteiger partial charge on any atom is -0.438 e. The Labute approximate surface area is 118 Å². The van der Waals surface area contributed by atoms with Gasteiger partial charge in [-0.3, -0.25) is 5.10 Å². The highest BCUT2D eigenvalue weighted by atomic mass is 19.1. The fourth-order valence-electron chi connectivity index (χ4n) is 2.18. The maximum Gasteiger partial charge on any atom is 0.230 e. The predicted octanol–water partition coefficient (Wildman–Crippen LogP) is 3.44. The zero-order valence-electron chi connectivity index (χ0n) is 10.7. The highest BCUT2D eigenvalue weighted by Gasteiger charge is 2.08. The lowest BCUT2D eigenvalue weighted by Gasteiger charge is -2.07. The van der Waals surface area contributed by atoms with Gasteiger partial charge in [-0.25, -0.2) is 14.4 Å². The Morgan fingerprint density at radius 1 is 1.05 bits per heavy atom. The number of H-pyrrole nitrogens is 1. The van der Waals surface area contributed by atoms with E-state index in [9.17, 15) is 4.39 Å². The van der Waals surface area contributed by atoms with Crippen molar-refractivity contribution in [3.63, 3.8) is 0 Å². The molecule has 5 nitrogen and oxygen atoms in total. The molecule has 1 N–H and O–H groups in total. The lowest BCUT2D eigenvalue weighted by Crippen LogP contribution is -1.92. The second-order valence-corrected chi connectivity index (χ2v) is 4.56. The largest absolute Gasteiger partial charge is 0.438 e. The Balaban J connectivity index is 1.81. The normalized spacial score (nSPS) is 11.1. The number of aromatic amines is 1. The van der Waals surface area contributed by atoms with Gasteiger partial charge in [-0.2, -0.15) is 5.10 Å². The number of ether oxygens (including phenoxy) is 1. The molecule has 0 amide bonds. The van der Waals surface area contributed by atoms with Crippen LogP contribution in [0.15, 0.2) is 48.9 Å². The van der Waals surface area contributed by atoms with E-state index >= 15 is 0 Å². The number of halogens is 1. The Morgan fingerprint density at radius 3 is 2.95 bits per heavy atom. The molecule has 0 saturated heterocycles. The van der Waals surface area contributed by atoms with Gasteiger partial charge in [0.2, 0.25) is 5.88 Å². The number of hydrogen-bond acceptors (Lipinski definition) is 4. The van der Waals surface area contributed by atoms with Crippen molar-refractivity contribution in [3.8, 4) is 11.6 Å². The molecule has 0 radical (unpaired) electrons. The summed E-state index contributed by atoms with van der Waals surface area (Å²) in [6.07, 6.45) is 3.12. The van der Waals surface area contributed by atoms with Crippen LogP contribution in [-0.4, -0.2) is 20.2 Å². The summed E-state index contributed by atoms with van der Waals surface area (Å²) in [7, 11) is 0. The van der Waals surface area contributed by atoms with Crippen molar-refractivity contribution in [1.29, 1.82) is 0 Å². The van der Waals surface area contributed by atoms with Gasteiger partial charge in [-0.15, -0.1) is 0 Å². The summed E-state index contributed by atoms with van der Waals surface area (Å²) in [5, 5.41) is 8.34. The van der Waals surface area contributed by atoms with E-state index in [1.807, 2.05) is 18.2 Å². The van der Waals surface area contributed by atoms with Gasteiger partial charge in [0.15, 0.2) is 0 Å². The summed E-state index contributed by atoms with van der Waals surface area (Å²) >= 11 is 0. The predicted molar refractivity (Wildman–Crippen MR) is 75.7 cm³/mol. The van der Waals surface area contributed by atoms with Crippen molar-refractivity contribution in [1.82, 2.24) is 20.2 Å². The molecule has 2 aromatic heterocycles. The van der Waals surface area contributed by atoms with Crippen LogP contribution in [0.2, 0.25) is 0 Å². The van der Waals surface area contributed by atoms with Crippen LogP contribution in [0, 0.1) is 5.82 Å². The molecule has 102 valence electrons. The lowest BCUT2D eigenvalue weighted by molar-refractivity contribution is 0.468. The first kappa shape index (κ1) is 11.8. The minimum absolute atomic E-state index is 0.318. The summed E-state index contributed by atoms with van der Waals surface area (Å²) in [4.78, 5) is 8.18. The van der Waals surface area contributed by atoms with E-state index in [2.05, 4.69) is 20.2 Å². The maximum absolute atomic E-state index is 13.4. The number of hydrogen-bond donors (Lipinski definition) is 1. The molecule has 21 heavy (non-hydrogen) atoms. The zero-order chi connectivity index (χ0) is 14.2. The van der Waals surface area contributed by atoms with Crippen LogP contribution < -0.4 is 4.74 Å². The quantitative estimate of drug-likeness (QED) is 0.611. The molecule has 0 unspecified atom stereocenters. The average Bonchev–Trinajstić information content (AvgIpc) is 2.95. The lowest BCUT2D eigenvalue weighted by atomic mass is 10.2. The van der Waals surface area contributed by atoms with Crippen molar-refractivity contribution < 1.29 is 9.13 Å². The standard InChI is InChI=1S/C15H9FN4O/c16-10-2-4-13-12(5-10)15(18-8-17-13)21-11-3-1-9-7-19-20-14(9)6-11/h1-8H,(H,19,20). The Hall–Kier alpha value is -3.02. The molecule has 0 atom stereocenters. The number of nitrogens with zero attached hydrogens (tertiary/aromatic N) is 3. The zero-order valence-corrected chi connectivity index (χ0v) is 10.7. The molecule has 4 rings (SSSR count). The number of fused-ring (bicyclic) bond motifs is 2. The van der Waals surface area contributed by atoms with E-state index in [4.69, 9.17) is 4.74 Å². The first-order valence-corrected chi connectivity index (χ1v) is 6.31. The molecular weight excluding hydrogens is 271 g/mol. The molecule has 2 aromatic carbocycles. The molecule has 6 heteroatoms. The van der Waals surface area contributed by atoms with Crippen LogP contribution in [0.25, 0.3) is 21.8 Å². The SMILES string of the molecule is Fc1ccc2ncnc(Oc3ccc4cn[nH]c4c3)c2c1. The van der Waals surface area contributed by atoms with Crippen LogP contribution in [0.3, 0.4) is 0 Å². The molecule has 0 aliphatic heterocycles. The van der Waals surface area contributed by atoms with Crippen molar-refractivity contribution in [2.45, 2.75) is 0 Å². The molecular formula is C15H9FN4O. The summed E-state index contributed by atoms with van der Waals surface area (Å²) < 4.78 is 19.2. The first-order chi connectivity index (χ1) is 10.3. The third kappa shape index (κ3) is 2.06. The smallest absolute Gasteiger partial charge is 0.230 e. The highest BCUT2D eigenvalue weighted by molar-refractivity contribution is 5.84. The van der Waals surface area contributed by atoms with Crippen molar-refractivity contribution >= 4 is 21.8 Å². The fourth-order valence-corrected chi connectivity index (χ4v) is 2.18. The van der Waals surface area contributed by atoms with Crippen molar-refractivity contribution in [2.75, 3.05) is 0 Å². The van der Waals surface area contributed by atoms with Crippen molar-refractivity contribution in [3.05, 3.63) is 54.7 Å². The summed E-state index contributed by atoms with van der Waals surface area (Å²) in [5.41, 5.74) is 1.49. The van der Waals surface area contributed by atoms with Gasteiger partial charge in [-0.05, 0) is 30.3 Å². The molecule has 0 aliphatic carbocycles. The maximum atomic E-state index is 13.4. The summed E-state index contributed by atoms with van der Waals surface area (Å²) in [6.45, 7) is 0. The molecule has 0 aliphatic rings. The van der Waals surface area contributed by atoms with Gasteiger partial charge in [0.05, 0.1) is 22.6 Å². The van der Waals surface area contributed by atoms with E-state index in [1.54, 1.807) is 12.3 Å². The molecule has 0 bridgehead atoms. The molecule has 0 saturated carbocycles. The van der Waals surface area contributed by atoms with E-state index < -0.39 is 0 Å².